The molecule has 1 aliphatic rings. The van der Waals surface area contributed by atoms with Gasteiger partial charge in [0.05, 0.1) is 0 Å². The summed E-state index contributed by atoms with van der Waals surface area (Å²) in [5.41, 5.74) is 1.09. The van der Waals surface area contributed by atoms with Gasteiger partial charge in [0.2, 0.25) is 0 Å². The Morgan fingerprint density at radius 1 is 1.38 bits per heavy atom. The molecule has 0 saturated carbocycles. The van der Waals surface area contributed by atoms with Crippen molar-refractivity contribution in [1.29, 1.82) is 0 Å². The monoisotopic (exact) mass is 257 g/mol. The van der Waals surface area contributed by atoms with Gasteiger partial charge >= 0.3 is 6.72 Å². The van der Waals surface area contributed by atoms with Crippen LogP contribution in [-0.2, 0) is 9.09 Å². The Morgan fingerprint density at radius 3 is 2.50 bits per heavy atom. The quantitative estimate of drug-likeness (QED) is 0.758. The second-order valence-electron chi connectivity index (χ2n) is 3.90. The van der Waals surface area contributed by atoms with Crippen LogP contribution in [0.25, 0.3) is 0 Å². The van der Waals surface area contributed by atoms with Crippen molar-refractivity contribution in [3.63, 3.8) is 0 Å². The van der Waals surface area contributed by atoms with Crippen LogP contribution in [-0.4, -0.2) is 24.0 Å². The van der Waals surface area contributed by atoms with Gasteiger partial charge in [0.25, 0.3) is 0 Å². The smallest absolute Gasteiger partial charge is 0.300 e. The van der Waals surface area contributed by atoms with Crippen molar-refractivity contribution in [1.82, 2.24) is 4.67 Å². The molecule has 0 aliphatic carbocycles. The second-order valence-corrected chi connectivity index (χ2v) is 8.53. The summed E-state index contributed by atoms with van der Waals surface area (Å²) in [6.45, 7) is -0.621. The van der Waals surface area contributed by atoms with Gasteiger partial charge in [0.1, 0.15) is 6.10 Å². The molecule has 1 aliphatic heterocycles. The SMILES string of the molecule is CSP1(=O)O[C@H](c2ccccc2)[C@H](C)N1C. The summed E-state index contributed by atoms with van der Waals surface area (Å²) in [7, 11) is 1.87. The van der Waals surface area contributed by atoms with Crippen molar-refractivity contribution in [3.05, 3.63) is 35.9 Å². The van der Waals surface area contributed by atoms with Crippen LogP contribution < -0.4 is 0 Å². The molecule has 0 bridgehead atoms. The van der Waals surface area contributed by atoms with Crippen LogP contribution in [0.2, 0.25) is 0 Å². The molecule has 1 fully saturated rings. The zero-order valence-electron chi connectivity index (χ0n) is 9.66. The third-order valence-corrected chi connectivity index (χ3v) is 7.53. The summed E-state index contributed by atoms with van der Waals surface area (Å²) in [4.78, 5) is 0. The van der Waals surface area contributed by atoms with E-state index in [2.05, 4.69) is 0 Å². The van der Waals surface area contributed by atoms with Crippen molar-refractivity contribution < 1.29 is 9.09 Å². The number of nitrogens with zero attached hydrogens (tertiary/aromatic N) is 1. The van der Waals surface area contributed by atoms with Crippen molar-refractivity contribution in [2.24, 2.45) is 0 Å². The van der Waals surface area contributed by atoms with Crippen LogP contribution in [0, 0.1) is 0 Å². The van der Waals surface area contributed by atoms with E-state index < -0.39 is 6.72 Å². The number of rotatable bonds is 2. The van der Waals surface area contributed by atoms with Crippen molar-refractivity contribution in [2.45, 2.75) is 19.1 Å². The molecule has 2 rings (SSSR count). The molecule has 1 heterocycles. The maximum atomic E-state index is 12.4. The first kappa shape index (κ1) is 12.2. The highest BCUT2D eigenvalue weighted by Gasteiger charge is 2.46. The Bertz CT molecular complexity index is 412. The summed E-state index contributed by atoms with van der Waals surface area (Å²) in [6, 6.07) is 10.1. The van der Waals surface area contributed by atoms with E-state index in [1.54, 1.807) is 0 Å². The number of hydrogen-bond donors (Lipinski definition) is 0. The topological polar surface area (TPSA) is 29.5 Å². The van der Waals surface area contributed by atoms with Crippen LogP contribution >= 0.6 is 18.1 Å². The molecule has 88 valence electrons. The van der Waals surface area contributed by atoms with E-state index in [0.717, 1.165) is 5.56 Å². The third-order valence-electron chi connectivity index (χ3n) is 3.02. The Kier molecular flexibility index (Phi) is 3.45. The van der Waals surface area contributed by atoms with Gasteiger partial charge < -0.3 is 0 Å². The first-order valence-corrected chi connectivity index (χ1v) is 8.61. The fourth-order valence-electron chi connectivity index (χ4n) is 1.88. The standard InChI is InChI=1S/C11H16NO2PS/c1-9-11(10-7-5-4-6-8-10)14-15(13,16-3)12(9)2/h4-9,11H,1-3H3/t9-,11-,15?/m0/s1. The van der Waals surface area contributed by atoms with Gasteiger partial charge in [-0.25, -0.2) is 4.67 Å². The van der Waals surface area contributed by atoms with Crippen molar-refractivity contribution >= 4 is 18.1 Å². The maximum absolute atomic E-state index is 12.4. The second kappa shape index (κ2) is 4.53. The van der Waals surface area contributed by atoms with E-state index in [1.165, 1.54) is 11.4 Å². The Labute approximate surface area is 100 Å². The summed E-state index contributed by atoms with van der Waals surface area (Å²) in [5.74, 6) is 0. The first-order valence-electron chi connectivity index (χ1n) is 5.21. The fourth-order valence-corrected chi connectivity index (χ4v) is 5.28. The van der Waals surface area contributed by atoms with Gasteiger partial charge in [-0.2, -0.15) is 0 Å². The van der Waals surface area contributed by atoms with Crippen molar-refractivity contribution in [2.75, 3.05) is 13.3 Å². The minimum absolute atomic E-state index is 0.0931. The average Bonchev–Trinajstić information content (AvgIpc) is 2.56. The van der Waals surface area contributed by atoms with Crippen LogP contribution in [0.3, 0.4) is 0 Å². The van der Waals surface area contributed by atoms with E-state index in [9.17, 15) is 4.57 Å². The lowest BCUT2D eigenvalue weighted by atomic mass is 10.0. The molecule has 3 atom stereocenters. The minimum Gasteiger partial charge on any atom is -0.300 e. The molecule has 0 spiro atoms. The van der Waals surface area contributed by atoms with Gasteiger partial charge in [-0.05, 0) is 25.8 Å². The summed E-state index contributed by atoms with van der Waals surface area (Å²) < 4.78 is 20.0. The Balaban J connectivity index is 2.30. The van der Waals surface area contributed by atoms with Crippen LogP contribution in [0.1, 0.15) is 18.6 Å². The van der Waals surface area contributed by atoms with Crippen LogP contribution in [0.4, 0.5) is 0 Å². The lowest BCUT2D eigenvalue weighted by Gasteiger charge is -2.18. The van der Waals surface area contributed by atoms with E-state index in [-0.39, 0.29) is 12.1 Å². The zero-order chi connectivity index (χ0) is 11.8. The molecular formula is C11H16NO2PS. The summed E-state index contributed by atoms with van der Waals surface area (Å²) in [5, 5.41) is 0. The first-order chi connectivity index (χ1) is 7.58. The molecule has 16 heavy (non-hydrogen) atoms. The largest absolute Gasteiger partial charge is 0.329 e. The summed E-state index contributed by atoms with van der Waals surface area (Å²) >= 11 is 1.30. The fraction of sp³-hybridized carbons (Fsp3) is 0.455. The zero-order valence-corrected chi connectivity index (χ0v) is 11.4. The van der Waals surface area contributed by atoms with E-state index in [4.69, 9.17) is 4.52 Å². The van der Waals surface area contributed by atoms with E-state index in [0.29, 0.717) is 0 Å². The number of hydrogen-bond acceptors (Lipinski definition) is 3. The highest BCUT2D eigenvalue weighted by molar-refractivity contribution is 8.55. The van der Waals surface area contributed by atoms with Gasteiger partial charge in [-0.15, -0.1) is 0 Å². The molecule has 0 amide bonds. The molecule has 1 aromatic rings. The molecule has 0 radical (unpaired) electrons. The minimum atomic E-state index is -2.67. The molecule has 3 nitrogen and oxygen atoms in total. The predicted octanol–water partition coefficient (Wildman–Crippen LogP) is 3.55. The average molecular weight is 257 g/mol. The normalized spacial score (nSPS) is 35.4. The molecule has 1 unspecified atom stereocenters. The molecule has 5 heteroatoms. The van der Waals surface area contributed by atoms with Crippen LogP contribution in [0.5, 0.6) is 0 Å². The number of benzene rings is 1. The lowest BCUT2D eigenvalue weighted by Crippen LogP contribution is -2.22. The van der Waals surface area contributed by atoms with Gasteiger partial charge in [0, 0.05) is 6.04 Å². The predicted molar refractivity (Wildman–Crippen MR) is 68.6 cm³/mol. The molecule has 1 aromatic carbocycles. The molecule has 0 aromatic heterocycles. The molecule has 0 N–H and O–H groups in total. The van der Waals surface area contributed by atoms with E-state index >= 15 is 0 Å². The highest BCUT2D eigenvalue weighted by Crippen LogP contribution is 2.69. The highest BCUT2D eigenvalue weighted by atomic mass is 32.7. The Hall–Kier alpha value is -0.280. The van der Waals surface area contributed by atoms with Crippen molar-refractivity contribution in [3.8, 4) is 0 Å². The van der Waals surface area contributed by atoms with Gasteiger partial charge in [-0.3, -0.25) is 9.09 Å². The van der Waals surface area contributed by atoms with E-state index in [1.807, 2.05) is 55.2 Å². The number of likely N-dealkylation sites (N-methyl/N-ethyl adjacent to an activating group) is 1. The maximum Gasteiger partial charge on any atom is 0.329 e. The third kappa shape index (κ3) is 1.95. The molecule has 1 saturated heterocycles. The Morgan fingerprint density at radius 2 is 2.00 bits per heavy atom. The lowest BCUT2D eigenvalue weighted by molar-refractivity contribution is 0.213. The van der Waals surface area contributed by atoms with Gasteiger partial charge in [0.15, 0.2) is 0 Å². The van der Waals surface area contributed by atoms with Gasteiger partial charge in [-0.1, -0.05) is 41.7 Å². The van der Waals surface area contributed by atoms with Crippen LogP contribution in [0.15, 0.2) is 30.3 Å². The molecular weight excluding hydrogens is 241 g/mol. The summed E-state index contributed by atoms with van der Waals surface area (Å²) in [6.07, 6.45) is 1.74.